The van der Waals surface area contributed by atoms with Gasteiger partial charge in [-0.15, -0.1) is 0 Å². The van der Waals surface area contributed by atoms with Crippen molar-refractivity contribution in [3.63, 3.8) is 0 Å². The van der Waals surface area contributed by atoms with Crippen molar-refractivity contribution in [3.05, 3.63) is 27.8 Å². The van der Waals surface area contributed by atoms with Gasteiger partial charge in [-0.1, -0.05) is 0 Å². The van der Waals surface area contributed by atoms with Crippen LogP contribution in [0.1, 0.15) is 12.8 Å². The smallest absolute Gasteiger partial charge is 0.326 e. The largest absolute Gasteiger partial charge is 0.480 e. The Balaban J connectivity index is 2.03. The molecule has 1 aliphatic heterocycles. The maximum Gasteiger partial charge on any atom is 0.326 e. The molecule has 1 aromatic carbocycles. The number of likely N-dealkylation sites (tertiary alicyclic amines) is 1. The molecule has 0 radical (unpaired) electrons. The number of rotatable bonds is 2. The second-order valence-corrected chi connectivity index (χ2v) is 5.37. The van der Waals surface area contributed by atoms with Crippen molar-refractivity contribution in [2.24, 2.45) is 0 Å². The van der Waals surface area contributed by atoms with Crippen LogP contribution in [0, 0.1) is 3.57 Å². The first-order valence-electron chi connectivity index (χ1n) is 5.64. The van der Waals surface area contributed by atoms with Crippen LogP contribution in [0.2, 0.25) is 0 Å². The van der Waals surface area contributed by atoms with Gasteiger partial charge in [-0.25, -0.2) is 9.59 Å². The Morgan fingerprint density at radius 3 is 2.61 bits per heavy atom. The van der Waals surface area contributed by atoms with Crippen LogP contribution in [-0.2, 0) is 4.79 Å². The van der Waals surface area contributed by atoms with Crippen molar-refractivity contribution in [2.75, 3.05) is 11.9 Å². The van der Waals surface area contributed by atoms with Crippen LogP contribution in [0.25, 0.3) is 0 Å². The number of carboxylic acid groups (broad SMARTS) is 1. The van der Waals surface area contributed by atoms with E-state index >= 15 is 0 Å². The lowest BCUT2D eigenvalue weighted by Crippen LogP contribution is -2.42. The second-order valence-electron chi connectivity index (χ2n) is 4.13. The van der Waals surface area contributed by atoms with E-state index in [2.05, 4.69) is 27.9 Å². The number of carbonyl (C=O) groups excluding carboxylic acids is 1. The fourth-order valence-corrected chi connectivity index (χ4v) is 2.35. The zero-order chi connectivity index (χ0) is 13.1. The van der Waals surface area contributed by atoms with E-state index in [1.807, 2.05) is 12.1 Å². The molecule has 0 aliphatic carbocycles. The van der Waals surface area contributed by atoms with Crippen LogP contribution < -0.4 is 5.32 Å². The second kappa shape index (κ2) is 5.55. The molecular formula is C12H13IN2O3. The predicted octanol–water partition coefficient (Wildman–Crippen LogP) is 2.37. The van der Waals surface area contributed by atoms with Crippen molar-refractivity contribution in [3.8, 4) is 0 Å². The quantitative estimate of drug-likeness (QED) is 0.796. The normalized spacial score (nSPS) is 18.7. The first-order valence-corrected chi connectivity index (χ1v) is 6.72. The molecule has 0 saturated carbocycles. The van der Waals surface area contributed by atoms with Crippen molar-refractivity contribution < 1.29 is 14.7 Å². The number of halogens is 1. The molecule has 1 heterocycles. The molecule has 0 aromatic heterocycles. The molecule has 0 bridgehead atoms. The number of hydrogen-bond acceptors (Lipinski definition) is 2. The summed E-state index contributed by atoms with van der Waals surface area (Å²) in [5, 5.41) is 11.7. The van der Waals surface area contributed by atoms with Crippen molar-refractivity contribution >= 4 is 40.3 Å². The Bertz CT molecular complexity index is 461. The average Bonchev–Trinajstić information content (AvgIpc) is 2.81. The van der Waals surface area contributed by atoms with Gasteiger partial charge in [0.05, 0.1) is 0 Å². The lowest BCUT2D eigenvalue weighted by atomic mass is 10.2. The molecule has 1 aliphatic rings. The van der Waals surface area contributed by atoms with E-state index in [1.54, 1.807) is 12.1 Å². The number of hydrogen-bond donors (Lipinski definition) is 2. The summed E-state index contributed by atoms with van der Waals surface area (Å²) in [6.07, 6.45) is 1.26. The molecule has 1 fully saturated rings. The maximum atomic E-state index is 12.0. The number of amides is 2. The summed E-state index contributed by atoms with van der Waals surface area (Å²) in [7, 11) is 0. The lowest BCUT2D eigenvalue weighted by molar-refractivity contribution is -0.141. The van der Waals surface area contributed by atoms with Gasteiger partial charge in [-0.3, -0.25) is 0 Å². The Labute approximate surface area is 118 Å². The van der Waals surface area contributed by atoms with Crippen LogP contribution in [0.4, 0.5) is 10.5 Å². The summed E-state index contributed by atoms with van der Waals surface area (Å²) in [4.78, 5) is 24.3. The fraction of sp³-hybridized carbons (Fsp3) is 0.333. The standard InChI is InChI=1S/C12H13IN2O3/c13-8-3-5-9(6-4-8)14-12(18)15-7-1-2-10(15)11(16)17/h3-6,10H,1-2,7H2,(H,14,18)(H,16,17)/t10-/m1/s1. The number of carboxylic acids is 1. The van der Waals surface area contributed by atoms with E-state index in [0.717, 1.165) is 9.99 Å². The SMILES string of the molecule is O=C(O)[C@H]1CCCN1C(=O)Nc1ccc(I)cc1. The Kier molecular flexibility index (Phi) is 4.05. The number of anilines is 1. The summed E-state index contributed by atoms with van der Waals surface area (Å²) in [6.45, 7) is 0.493. The predicted molar refractivity (Wildman–Crippen MR) is 75.5 cm³/mol. The van der Waals surface area contributed by atoms with Crippen molar-refractivity contribution in [1.82, 2.24) is 4.90 Å². The number of benzene rings is 1. The topological polar surface area (TPSA) is 69.6 Å². The summed E-state index contributed by atoms with van der Waals surface area (Å²) < 4.78 is 1.08. The number of carbonyl (C=O) groups is 2. The molecular weight excluding hydrogens is 347 g/mol. The van der Waals surface area contributed by atoms with Crippen LogP contribution in [0.3, 0.4) is 0 Å². The van der Waals surface area contributed by atoms with Gasteiger partial charge in [-0.05, 0) is 59.7 Å². The van der Waals surface area contributed by atoms with Crippen molar-refractivity contribution in [2.45, 2.75) is 18.9 Å². The summed E-state index contributed by atoms with van der Waals surface area (Å²) in [5.74, 6) is -0.940. The van der Waals surface area contributed by atoms with Gasteiger partial charge in [0.1, 0.15) is 6.04 Å². The van der Waals surface area contributed by atoms with Crippen LogP contribution in [0.15, 0.2) is 24.3 Å². The van der Waals surface area contributed by atoms with Gasteiger partial charge in [0, 0.05) is 15.8 Å². The highest BCUT2D eigenvalue weighted by Gasteiger charge is 2.33. The van der Waals surface area contributed by atoms with Gasteiger partial charge in [-0.2, -0.15) is 0 Å². The molecule has 1 atom stereocenters. The maximum absolute atomic E-state index is 12.0. The fourth-order valence-electron chi connectivity index (χ4n) is 2.00. The highest BCUT2D eigenvalue weighted by molar-refractivity contribution is 14.1. The average molecular weight is 360 g/mol. The zero-order valence-corrected chi connectivity index (χ0v) is 11.8. The molecule has 2 N–H and O–H groups in total. The molecule has 5 nitrogen and oxygen atoms in total. The number of nitrogens with zero attached hydrogens (tertiary/aromatic N) is 1. The van der Waals surface area contributed by atoms with Gasteiger partial charge < -0.3 is 15.3 Å². The molecule has 0 unspecified atom stereocenters. The molecule has 1 saturated heterocycles. The summed E-state index contributed by atoms with van der Waals surface area (Å²) in [6, 6.07) is 6.32. The third-order valence-electron chi connectivity index (χ3n) is 2.89. The van der Waals surface area contributed by atoms with Crippen LogP contribution >= 0.6 is 22.6 Å². The van der Waals surface area contributed by atoms with Gasteiger partial charge in [0.2, 0.25) is 0 Å². The zero-order valence-electron chi connectivity index (χ0n) is 9.60. The third kappa shape index (κ3) is 2.92. The molecule has 2 rings (SSSR count). The Morgan fingerprint density at radius 2 is 2.00 bits per heavy atom. The van der Waals surface area contributed by atoms with Crippen LogP contribution in [-0.4, -0.2) is 34.6 Å². The van der Waals surface area contributed by atoms with Gasteiger partial charge in [0.25, 0.3) is 0 Å². The van der Waals surface area contributed by atoms with E-state index in [1.165, 1.54) is 4.90 Å². The molecule has 2 amide bonds. The summed E-state index contributed by atoms with van der Waals surface area (Å²) >= 11 is 2.18. The lowest BCUT2D eigenvalue weighted by Gasteiger charge is -2.21. The minimum Gasteiger partial charge on any atom is -0.480 e. The van der Waals surface area contributed by atoms with E-state index in [4.69, 9.17) is 5.11 Å². The first-order chi connectivity index (χ1) is 8.58. The number of nitrogens with one attached hydrogen (secondary N) is 1. The minimum atomic E-state index is -0.940. The summed E-state index contributed by atoms with van der Waals surface area (Å²) in [5.41, 5.74) is 0.677. The van der Waals surface area contributed by atoms with Crippen molar-refractivity contribution in [1.29, 1.82) is 0 Å². The highest BCUT2D eigenvalue weighted by Crippen LogP contribution is 2.19. The molecule has 0 spiro atoms. The molecule has 96 valence electrons. The third-order valence-corrected chi connectivity index (χ3v) is 3.61. The Hall–Kier alpha value is -1.31. The molecule has 18 heavy (non-hydrogen) atoms. The number of urea groups is 1. The highest BCUT2D eigenvalue weighted by atomic mass is 127. The van der Waals surface area contributed by atoms with Gasteiger partial charge in [0.15, 0.2) is 0 Å². The van der Waals surface area contributed by atoms with Crippen LogP contribution in [0.5, 0.6) is 0 Å². The van der Waals surface area contributed by atoms with E-state index in [0.29, 0.717) is 18.7 Å². The first kappa shape index (κ1) is 13.1. The van der Waals surface area contributed by atoms with E-state index < -0.39 is 12.0 Å². The van der Waals surface area contributed by atoms with E-state index in [9.17, 15) is 9.59 Å². The van der Waals surface area contributed by atoms with E-state index in [-0.39, 0.29) is 6.03 Å². The minimum absolute atomic E-state index is 0.346. The molecule has 6 heteroatoms. The van der Waals surface area contributed by atoms with Gasteiger partial charge >= 0.3 is 12.0 Å². The monoisotopic (exact) mass is 360 g/mol. The Morgan fingerprint density at radius 1 is 1.33 bits per heavy atom. The number of aliphatic carboxylic acids is 1. The molecule has 1 aromatic rings.